The number of amides is 2. The van der Waals surface area contributed by atoms with Gasteiger partial charge in [-0.15, -0.1) is 11.3 Å². The Morgan fingerprint density at radius 3 is 2.27 bits per heavy atom. The van der Waals surface area contributed by atoms with Gasteiger partial charge in [0.25, 0.3) is 11.6 Å². The molecule has 1 aliphatic rings. The van der Waals surface area contributed by atoms with Gasteiger partial charge in [0, 0.05) is 35.7 Å². The third-order valence-electron chi connectivity index (χ3n) is 5.61. The van der Waals surface area contributed by atoms with Crippen molar-refractivity contribution in [2.24, 2.45) is 5.92 Å². The second-order valence-corrected chi connectivity index (χ2v) is 9.28. The van der Waals surface area contributed by atoms with E-state index in [0.717, 1.165) is 23.3 Å². The molecule has 1 fully saturated rings. The zero-order valence-electron chi connectivity index (χ0n) is 18.1. The summed E-state index contributed by atoms with van der Waals surface area (Å²) in [6.07, 6.45) is 2.09. The van der Waals surface area contributed by atoms with E-state index in [9.17, 15) is 19.7 Å². The topological polar surface area (TPSA) is 83.8 Å². The molecule has 0 bridgehead atoms. The molecule has 0 aliphatic heterocycles. The molecule has 1 saturated carbocycles. The van der Waals surface area contributed by atoms with E-state index in [-0.39, 0.29) is 24.0 Å². The van der Waals surface area contributed by atoms with Gasteiger partial charge in [0.2, 0.25) is 5.91 Å². The lowest BCUT2D eigenvalue weighted by Crippen LogP contribution is -2.43. The van der Waals surface area contributed by atoms with E-state index in [1.165, 1.54) is 24.3 Å². The number of hydrogen-bond donors (Lipinski definition) is 0. The van der Waals surface area contributed by atoms with E-state index < -0.39 is 4.92 Å². The molecule has 3 aromatic rings. The van der Waals surface area contributed by atoms with Gasteiger partial charge in [0.1, 0.15) is 6.54 Å². The first-order valence-electron chi connectivity index (χ1n) is 10.9. The Morgan fingerprint density at radius 2 is 1.67 bits per heavy atom. The van der Waals surface area contributed by atoms with Crippen LogP contribution in [0.4, 0.5) is 5.69 Å². The number of rotatable bonds is 10. The lowest BCUT2D eigenvalue weighted by Gasteiger charge is -2.28. The highest BCUT2D eigenvalue weighted by Crippen LogP contribution is 2.30. The van der Waals surface area contributed by atoms with Crippen molar-refractivity contribution in [3.63, 3.8) is 0 Å². The van der Waals surface area contributed by atoms with Crippen LogP contribution in [0.15, 0.2) is 72.1 Å². The number of nitrogens with zero attached hydrogens (tertiary/aromatic N) is 3. The fourth-order valence-electron chi connectivity index (χ4n) is 3.63. The van der Waals surface area contributed by atoms with Crippen LogP contribution in [0.3, 0.4) is 0 Å². The zero-order valence-corrected chi connectivity index (χ0v) is 18.9. The first-order chi connectivity index (χ1) is 16.0. The van der Waals surface area contributed by atoms with Crippen LogP contribution in [0, 0.1) is 16.0 Å². The minimum atomic E-state index is -0.494. The van der Waals surface area contributed by atoms with Crippen LogP contribution in [0.2, 0.25) is 0 Å². The van der Waals surface area contributed by atoms with Crippen molar-refractivity contribution in [3.05, 3.63) is 98.2 Å². The Labute approximate surface area is 196 Å². The molecule has 0 atom stereocenters. The number of nitro benzene ring substituents is 1. The lowest BCUT2D eigenvalue weighted by atomic mass is 10.1. The standard InChI is InChI=1S/C25H25N3O4S/c29-24(26(17-23-7-4-14-33-23)15-19-5-2-1-3-6-19)18-27(16-20-8-9-20)25(30)21-10-12-22(13-11-21)28(31)32/h1-7,10-14,20H,8-9,15-18H2. The quantitative estimate of drug-likeness (QED) is 0.321. The van der Waals surface area contributed by atoms with Crippen molar-refractivity contribution >= 4 is 28.8 Å². The van der Waals surface area contributed by atoms with E-state index in [4.69, 9.17) is 0 Å². The van der Waals surface area contributed by atoms with E-state index >= 15 is 0 Å². The average Bonchev–Trinajstić information content (AvgIpc) is 3.50. The predicted octanol–water partition coefficient (Wildman–Crippen LogP) is 4.74. The summed E-state index contributed by atoms with van der Waals surface area (Å²) in [5, 5.41) is 12.9. The fourth-order valence-corrected chi connectivity index (χ4v) is 4.35. The smallest absolute Gasteiger partial charge is 0.269 e. The summed E-state index contributed by atoms with van der Waals surface area (Å²) in [5.41, 5.74) is 1.31. The summed E-state index contributed by atoms with van der Waals surface area (Å²) in [4.78, 5) is 41.5. The molecular formula is C25H25N3O4S. The Kier molecular flexibility index (Phi) is 7.14. The van der Waals surface area contributed by atoms with Crippen molar-refractivity contribution in [2.75, 3.05) is 13.1 Å². The average molecular weight is 464 g/mol. The van der Waals surface area contributed by atoms with Gasteiger partial charge in [-0.05, 0) is 47.9 Å². The van der Waals surface area contributed by atoms with E-state index in [1.807, 2.05) is 47.8 Å². The van der Waals surface area contributed by atoms with E-state index in [1.54, 1.807) is 21.1 Å². The molecule has 0 saturated heterocycles. The molecule has 33 heavy (non-hydrogen) atoms. The number of hydrogen-bond acceptors (Lipinski definition) is 5. The number of thiophene rings is 1. The van der Waals surface area contributed by atoms with Gasteiger partial charge in [-0.1, -0.05) is 36.4 Å². The zero-order chi connectivity index (χ0) is 23.2. The molecular weight excluding hydrogens is 438 g/mol. The molecule has 7 nitrogen and oxygen atoms in total. The maximum absolute atomic E-state index is 13.4. The first kappa shape index (κ1) is 22.7. The summed E-state index contributed by atoms with van der Waals surface area (Å²) in [6.45, 7) is 1.43. The lowest BCUT2D eigenvalue weighted by molar-refractivity contribution is -0.384. The SMILES string of the molecule is O=C(CN(CC1CC1)C(=O)c1ccc([N+](=O)[O-])cc1)N(Cc1ccccc1)Cc1cccs1. The molecule has 0 radical (unpaired) electrons. The number of carbonyl (C=O) groups is 2. The second-order valence-electron chi connectivity index (χ2n) is 8.25. The highest BCUT2D eigenvalue weighted by Gasteiger charge is 2.30. The van der Waals surface area contributed by atoms with Crippen molar-refractivity contribution in [1.29, 1.82) is 0 Å². The van der Waals surface area contributed by atoms with E-state index in [2.05, 4.69) is 0 Å². The van der Waals surface area contributed by atoms with Crippen LogP contribution in [0.25, 0.3) is 0 Å². The number of nitro groups is 1. The second kappa shape index (κ2) is 10.4. The minimum absolute atomic E-state index is 0.0233. The summed E-state index contributed by atoms with van der Waals surface area (Å²) in [6, 6.07) is 19.3. The van der Waals surface area contributed by atoms with Crippen molar-refractivity contribution in [3.8, 4) is 0 Å². The molecule has 0 spiro atoms. The molecule has 2 amide bonds. The number of carbonyl (C=O) groups excluding carboxylic acids is 2. The molecule has 2 aromatic carbocycles. The first-order valence-corrected chi connectivity index (χ1v) is 11.8. The van der Waals surface area contributed by atoms with Crippen LogP contribution in [0.1, 0.15) is 33.6 Å². The summed E-state index contributed by atoms with van der Waals surface area (Å²) >= 11 is 1.60. The maximum Gasteiger partial charge on any atom is 0.269 e. The van der Waals surface area contributed by atoms with Crippen LogP contribution < -0.4 is 0 Å². The molecule has 1 heterocycles. The number of benzene rings is 2. The molecule has 0 N–H and O–H groups in total. The van der Waals surface area contributed by atoms with Crippen molar-refractivity contribution in [2.45, 2.75) is 25.9 Å². The predicted molar refractivity (Wildman–Crippen MR) is 127 cm³/mol. The Morgan fingerprint density at radius 1 is 0.939 bits per heavy atom. The number of non-ortho nitro benzene ring substituents is 1. The van der Waals surface area contributed by atoms with Gasteiger partial charge in [-0.2, -0.15) is 0 Å². The summed E-state index contributed by atoms with van der Waals surface area (Å²) in [5.74, 6) is 0.00349. The van der Waals surface area contributed by atoms with Crippen LogP contribution in [0.5, 0.6) is 0 Å². The van der Waals surface area contributed by atoms with Gasteiger partial charge in [0.05, 0.1) is 11.5 Å². The van der Waals surface area contributed by atoms with Crippen LogP contribution in [-0.2, 0) is 17.9 Å². The molecule has 1 aliphatic carbocycles. The minimum Gasteiger partial charge on any atom is -0.332 e. The molecule has 0 unspecified atom stereocenters. The summed E-state index contributed by atoms with van der Waals surface area (Å²) < 4.78 is 0. The van der Waals surface area contributed by atoms with Crippen LogP contribution >= 0.6 is 11.3 Å². The largest absolute Gasteiger partial charge is 0.332 e. The Hall–Kier alpha value is -3.52. The normalized spacial score (nSPS) is 12.8. The Bertz CT molecular complexity index is 1100. The third kappa shape index (κ3) is 6.26. The van der Waals surface area contributed by atoms with Gasteiger partial charge in [0.15, 0.2) is 0 Å². The van der Waals surface area contributed by atoms with Crippen LogP contribution in [-0.4, -0.2) is 39.6 Å². The fraction of sp³-hybridized carbons (Fsp3) is 0.280. The highest BCUT2D eigenvalue weighted by molar-refractivity contribution is 7.09. The third-order valence-corrected chi connectivity index (χ3v) is 6.47. The van der Waals surface area contributed by atoms with Crippen molar-refractivity contribution in [1.82, 2.24) is 9.80 Å². The van der Waals surface area contributed by atoms with Gasteiger partial charge in [-0.3, -0.25) is 19.7 Å². The molecule has 170 valence electrons. The molecule has 4 rings (SSSR count). The van der Waals surface area contributed by atoms with Gasteiger partial charge < -0.3 is 9.80 Å². The summed E-state index contributed by atoms with van der Waals surface area (Å²) in [7, 11) is 0. The van der Waals surface area contributed by atoms with Crippen molar-refractivity contribution < 1.29 is 14.5 Å². The van der Waals surface area contributed by atoms with Gasteiger partial charge in [-0.25, -0.2) is 0 Å². The molecule has 8 heteroatoms. The van der Waals surface area contributed by atoms with E-state index in [0.29, 0.717) is 31.1 Å². The highest BCUT2D eigenvalue weighted by atomic mass is 32.1. The Balaban J connectivity index is 1.51. The van der Waals surface area contributed by atoms with Gasteiger partial charge >= 0.3 is 0 Å². The monoisotopic (exact) mass is 463 g/mol. The maximum atomic E-state index is 13.4. The molecule has 1 aromatic heterocycles.